The number of piperidine rings is 1. The molecule has 0 aromatic heterocycles. The minimum absolute atomic E-state index is 0.214. The van der Waals surface area contributed by atoms with Crippen molar-refractivity contribution in [3.8, 4) is 0 Å². The Hall–Kier alpha value is -0.710. The third-order valence-corrected chi connectivity index (χ3v) is 2.83. The highest BCUT2D eigenvalue weighted by Crippen LogP contribution is 2.49. The number of hydrogen-bond acceptors (Lipinski definition) is 2. The smallest absolute Gasteiger partial charge is 0.260 e. The van der Waals surface area contributed by atoms with Gasteiger partial charge in [-0.15, -0.1) is 0 Å². The summed E-state index contributed by atoms with van der Waals surface area (Å²) >= 11 is 0. The monoisotopic (exact) mass is 205 g/mol. The summed E-state index contributed by atoms with van der Waals surface area (Å²) in [5.74, 6) is -4.40. The maximum Gasteiger partial charge on any atom is 0.260 e. The van der Waals surface area contributed by atoms with Gasteiger partial charge in [-0.1, -0.05) is 0 Å². The molecule has 1 unspecified atom stereocenters. The van der Waals surface area contributed by atoms with Crippen molar-refractivity contribution in [2.45, 2.75) is 31.3 Å². The largest absolute Gasteiger partial charge is 0.391 e. The van der Waals surface area contributed by atoms with E-state index >= 15 is 0 Å². The van der Waals surface area contributed by atoms with Crippen molar-refractivity contribution < 1.29 is 18.7 Å². The van der Waals surface area contributed by atoms with Crippen molar-refractivity contribution >= 4 is 5.91 Å². The van der Waals surface area contributed by atoms with Crippen LogP contribution >= 0.6 is 0 Å². The first-order valence-corrected chi connectivity index (χ1v) is 4.85. The highest BCUT2D eigenvalue weighted by atomic mass is 19.3. The lowest BCUT2D eigenvalue weighted by molar-refractivity contribution is -0.137. The number of nitrogens with zero attached hydrogens (tertiary/aromatic N) is 1. The van der Waals surface area contributed by atoms with Crippen LogP contribution in [0.1, 0.15) is 19.3 Å². The summed E-state index contributed by atoms with van der Waals surface area (Å²) in [6.45, 7) is 0.716. The summed E-state index contributed by atoms with van der Waals surface area (Å²) in [6, 6.07) is 0. The van der Waals surface area contributed by atoms with Crippen LogP contribution < -0.4 is 0 Å². The van der Waals surface area contributed by atoms with Crippen LogP contribution in [0.4, 0.5) is 8.78 Å². The van der Waals surface area contributed by atoms with Crippen molar-refractivity contribution in [3.05, 3.63) is 0 Å². The number of amides is 1. The van der Waals surface area contributed by atoms with Crippen LogP contribution in [0.25, 0.3) is 0 Å². The van der Waals surface area contributed by atoms with Gasteiger partial charge in [-0.2, -0.15) is 0 Å². The molecular formula is C9H13F2NO2. The van der Waals surface area contributed by atoms with Crippen molar-refractivity contribution in [2.75, 3.05) is 13.1 Å². The molecule has 2 atom stereocenters. The molecule has 1 amide bonds. The van der Waals surface area contributed by atoms with Crippen molar-refractivity contribution in [1.82, 2.24) is 4.90 Å². The molecule has 14 heavy (non-hydrogen) atoms. The summed E-state index contributed by atoms with van der Waals surface area (Å²) in [5.41, 5.74) is 0. The first-order chi connectivity index (χ1) is 6.50. The lowest BCUT2D eigenvalue weighted by Gasteiger charge is -2.30. The van der Waals surface area contributed by atoms with E-state index in [1.165, 1.54) is 4.90 Å². The molecule has 1 saturated heterocycles. The second kappa shape index (κ2) is 3.15. The van der Waals surface area contributed by atoms with E-state index in [1.807, 2.05) is 0 Å². The number of rotatable bonds is 1. The van der Waals surface area contributed by atoms with Crippen molar-refractivity contribution in [2.24, 2.45) is 5.92 Å². The number of likely N-dealkylation sites (tertiary alicyclic amines) is 1. The van der Waals surface area contributed by atoms with Crippen LogP contribution in [0.3, 0.4) is 0 Å². The number of aliphatic hydroxyl groups is 1. The Labute approximate surface area is 80.7 Å². The van der Waals surface area contributed by atoms with Crippen LogP contribution in [0.2, 0.25) is 0 Å². The standard InChI is InChI=1S/C9H13F2NO2/c10-9(11)4-7(9)8(14)12-3-1-2-6(13)5-12/h6-7,13H,1-5H2/t6-,7?/m0/s1. The molecule has 0 aromatic carbocycles. The van der Waals surface area contributed by atoms with Gasteiger partial charge in [0.05, 0.1) is 6.10 Å². The van der Waals surface area contributed by atoms with Gasteiger partial charge in [-0.3, -0.25) is 4.79 Å². The number of hydrogen-bond donors (Lipinski definition) is 1. The third kappa shape index (κ3) is 1.73. The Morgan fingerprint density at radius 1 is 1.50 bits per heavy atom. The molecule has 0 spiro atoms. The Bertz CT molecular complexity index is 257. The summed E-state index contributed by atoms with van der Waals surface area (Å²) in [7, 11) is 0. The van der Waals surface area contributed by atoms with Crippen LogP contribution in [0, 0.1) is 5.92 Å². The maximum absolute atomic E-state index is 12.6. The van der Waals surface area contributed by atoms with Crippen LogP contribution in [0.15, 0.2) is 0 Å². The highest BCUT2D eigenvalue weighted by Gasteiger charge is 2.62. The zero-order valence-corrected chi connectivity index (χ0v) is 7.75. The Morgan fingerprint density at radius 2 is 2.14 bits per heavy atom. The number of alkyl halides is 2. The molecule has 1 aliphatic carbocycles. The maximum atomic E-state index is 12.6. The summed E-state index contributed by atoms with van der Waals surface area (Å²) < 4.78 is 25.2. The van der Waals surface area contributed by atoms with Gasteiger partial charge in [0.1, 0.15) is 5.92 Å². The number of carbonyl (C=O) groups is 1. The topological polar surface area (TPSA) is 40.5 Å². The van der Waals surface area contributed by atoms with E-state index in [1.54, 1.807) is 0 Å². The average molecular weight is 205 g/mol. The van der Waals surface area contributed by atoms with Gasteiger partial charge in [0.25, 0.3) is 5.92 Å². The second-order valence-corrected chi connectivity index (χ2v) is 4.10. The fourth-order valence-electron chi connectivity index (χ4n) is 1.86. The molecule has 1 aliphatic heterocycles. The average Bonchev–Trinajstić information content (AvgIpc) is 2.74. The van der Waals surface area contributed by atoms with E-state index in [-0.39, 0.29) is 13.0 Å². The van der Waals surface area contributed by atoms with Gasteiger partial charge in [0, 0.05) is 19.5 Å². The Balaban J connectivity index is 1.92. The third-order valence-electron chi connectivity index (χ3n) is 2.83. The predicted octanol–water partition coefficient (Wildman–Crippen LogP) is 0.625. The van der Waals surface area contributed by atoms with Crippen LogP contribution in [0.5, 0.6) is 0 Å². The summed E-state index contributed by atoms with van der Waals surface area (Å²) in [6.07, 6.45) is 0.495. The molecule has 3 nitrogen and oxygen atoms in total. The molecule has 0 radical (unpaired) electrons. The van der Waals surface area contributed by atoms with Crippen LogP contribution in [-0.4, -0.2) is 41.0 Å². The highest BCUT2D eigenvalue weighted by molar-refractivity contribution is 5.83. The second-order valence-electron chi connectivity index (χ2n) is 4.10. The van der Waals surface area contributed by atoms with E-state index in [0.717, 1.165) is 0 Å². The molecule has 2 rings (SSSR count). The van der Waals surface area contributed by atoms with Gasteiger partial charge in [0.15, 0.2) is 0 Å². The number of β-amino-alcohol motifs (C(OH)–C–C–N with tert-alkyl or cyclic N) is 1. The molecule has 5 heteroatoms. The van der Waals surface area contributed by atoms with Crippen molar-refractivity contribution in [1.29, 1.82) is 0 Å². The minimum Gasteiger partial charge on any atom is -0.391 e. The van der Waals surface area contributed by atoms with Gasteiger partial charge >= 0.3 is 0 Å². The number of carbonyl (C=O) groups excluding carboxylic acids is 1. The lowest BCUT2D eigenvalue weighted by atomic mass is 10.1. The zero-order chi connectivity index (χ0) is 10.3. The fraction of sp³-hybridized carbons (Fsp3) is 0.889. The predicted molar refractivity (Wildman–Crippen MR) is 44.9 cm³/mol. The summed E-state index contributed by atoms with van der Waals surface area (Å²) in [4.78, 5) is 12.8. The van der Waals surface area contributed by atoms with E-state index in [2.05, 4.69) is 0 Å². The quantitative estimate of drug-likeness (QED) is 0.682. The van der Waals surface area contributed by atoms with Gasteiger partial charge in [-0.05, 0) is 12.8 Å². The van der Waals surface area contributed by atoms with E-state index in [9.17, 15) is 18.7 Å². The van der Waals surface area contributed by atoms with Crippen molar-refractivity contribution in [3.63, 3.8) is 0 Å². The SMILES string of the molecule is O=C(C1CC1(F)F)N1CCC[C@H](O)C1. The molecule has 2 aliphatic rings. The normalized spacial score (nSPS) is 35.5. The number of aliphatic hydroxyl groups excluding tert-OH is 1. The first-order valence-electron chi connectivity index (χ1n) is 4.85. The first kappa shape index (κ1) is 9.83. The van der Waals surface area contributed by atoms with Gasteiger partial charge in [0.2, 0.25) is 5.91 Å². The van der Waals surface area contributed by atoms with Crippen LogP contribution in [-0.2, 0) is 4.79 Å². The van der Waals surface area contributed by atoms with E-state index in [4.69, 9.17) is 0 Å². The molecule has 0 aromatic rings. The molecular weight excluding hydrogens is 192 g/mol. The fourth-order valence-corrected chi connectivity index (χ4v) is 1.86. The zero-order valence-electron chi connectivity index (χ0n) is 7.75. The van der Waals surface area contributed by atoms with Gasteiger partial charge < -0.3 is 10.0 Å². The number of halogens is 2. The molecule has 2 fully saturated rings. The Morgan fingerprint density at radius 3 is 2.64 bits per heavy atom. The molecule has 1 heterocycles. The molecule has 0 bridgehead atoms. The van der Waals surface area contributed by atoms with Gasteiger partial charge in [-0.25, -0.2) is 8.78 Å². The van der Waals surface area contributed by atoms with E-state index in [0.29, 0.717) is 19.4 Å². The summed E-state index contributed by atoms with van der Waals surface area (Å²) in [5, 5.41) is 9.28. The van der Waals surface area contributed by atoms with E-state index < -0.39 is 23.9 Å². The minimum atomic E-state index is -2.79. The Kier molecular flexibility index (Phi) is 2.21. The molecule has 1 saturated carbocycles. The molecule has 80 valence electrons. The lowest BCUT2D eigenvalue weighted by Crippen LogP contribution is -2.43. The molecule has 1 N–H and O–H groups in total.